The van der Waals surface area contributed by atoms with Gasteiger partial charge < -0.3 is 25.0 Å². The first-order valence-corrected chi connectivity index (χ1v) is 11.4. The van der Waals surface area contributed by atoms with Gasteiger partial charge >= 0.3 is 6.03 Å². The average molecular weight is 468 g/mol. The lowest BCUT2D eigenvalue weighted by Crippen LogP contribution is -2.41. The fourth-order valence-corrected chi connectivity index (χ4v) is 4.48. The zero-order chi connectivity index (χ0) is 23.2. The van der Waals surface area contributed by atoms with E-state index in [1.54, 1.807) is 49.5 Å². The molecule has 1 aliphatic heterocycles. The molecule has 1 aromatic heterocycles. The maximum Gasteiger partial charge on any atom is 0.321 e. The Balaban J connectivity index is 1.37. The number of benzene rings is 2. The van der Waals surface area contributed by atoms with Crippen LogP contribution in [0.4, 0.5) is 16.2 Å². The van der Waals surface area contributed by atoms with Gasteiger partial charge in [0.25, 0.3) is 5.91 Å². The summed E-state index contributed by atoms with van der Waals surface area (Å²) in [6.07, 6.45) is 1.74. The Kier molecular flexibility index (Phi) is 7.04. The van der Waals surface area contributed by atoms with Gasteiger partial charge in [-0.2, -0.15) is 0 Å². The van der Waals surface area contributed by atoms with Crippen LogP contribution in [0, 0.1) is 0 Å². The van der Waals surface area contributed by atoms with E-state index in [-0.39, 0.29) is 17.9 Å². The molecule has 172 valence electrons. The smallest absolute Gasteiger partial charge is 0.321 e. The number of hydrogen-bond donors (Lipinski definition) is 2. The number of carbonyl (C=O) groups excluding carboxylic acids is 2. The van der Waals surface area contributed by atoms with Crippen molar-refractivity contribution in [3.05, 3.63) is 58.5 Å². The quantitative estimate of drug-likeness (QED) is 0.562. The van der Waals surface area contributed by atoms with Crippen molar-refractivity contribution in [1.82, 2.24) is 15.1 Å². The third kappa shape index (κ3) is 5.58. The second kappa shape index (κ2) is 10.3. The number of ether oxygens (including phenoxy) is 2. The van der Waals surface area contributed by atoms with Gasteiger partial charge in [0.1, 0.15) is 16.5 Å². The van der Waals surface area contributed by atoms with Crippen LogP contribution in [0.3, 0.4) is 0 Å². The van der Waals surface area contributed by atoms with Gasteiger partial charge in [-0.15, -0.1) is 10.2 Å². The number of amides is 3. The van der Waals surface area contributed by atoms with Crippen LogP contribution in [-0.2, 0) is 0 Å². The molecule has 1 aliphatic rings. The van der Waals surface area contributed by atoms with E-state index in [1.165, 1.54) is 11.3 Å². The molecule has 0 spiro atoms. The number of likely N-dealkylation sites (tertiary alicyclic amines) is 1. The number of aromatic nitrogens is 2. The fraction of sp³-hybridized carbons (Fsp3) is 0.304. The maximum absolute atomic E-state index is 12.8. The predicted octanol–water partition coefficient (Wildman–Crippen LogP) is 4.22. The Hall–Kier alpha value is -3.66. The minimum atomic E-state index is -0.313. The largest absolute Gasteiger partial charge is 0.497 e. The zero-order valence-corrected chi connectivity index (χ0v) is 19.2. The lowest BCUT2D eigenvalue weighted by molar-refractivity contribution is 0.102. The molecular formula is C23H25N5O4S. The van der Waals surface area contributed by atoms with Crippen LogP contribution in [0.1, 0.15) is 33.6 Å². The number of piperidine rings is 1. The van der Waals surface area contributed by atoms with Crippen molar-refractivity contribution in [2.75, 3.05) is 37.9 Å². The highest BCUT2D eigenvalue weighted by atomic mass is 32.1. The Morgan fingerprint density at radius 1 is 1.00 bits per heavy atom. The third-order valence-corrected chi connectivity index (χ3v) is 6.45. The SMILES string of the molecule is COc1ccc(NC(=O)c2nnc([C@H]3CCCN(C(=O)Nc4cccc(OC)c4)C3)s2)cc1. The summed E-state index contributed by atoms with van der Waals surface area (Å²) >= 11 is 1.26. The summed E-state index contributed by atoms with van der Waals surface area (Å²) in [6, 6.07) is 14.1. The molecule has 2 heterocycles. The third-order valence-electron chi connectivity index (χ3n) is 5.36. The van der Waals surface area contributed by atoms with Gasteiger partial charge in [-0.3, -0.25) is 4.79 Å². The summed E-state index contributed by atoms with van der Waals surface area (Å²) in [5, 5.41) is 15.1. The van der Waals surface area contributed by atoms with Crippen LogP contribution < -0.4 is 20.1 Å². The van der Waals surface area contributed by atoms with Crippen LogP contribution >= 0.6 is 11.3 Å². The average Bonchev–Trinajstić information content (AvgIpc) is 3.35. The van der Waals surface area contributed by atoms with E-state index in [0.717, 1.165) is 17.8 Å². The first kappa shape index (κ1) is 22.5. The van der Waals surface area contributed by atoms with Crippen LogP contribution in [0.25, 0.3) is 0 Å². The number of hydrogen-bond acceptors (Lipinski definition) is 7. The molecule has 1 fully saturated rings. The Bertz CT molecular complexity index is 1120. The summed E-state index contributed by atoms with van der Waals surface area (Å²) in [5.74, 6) is 1.12. The molecule has 0 saturated carbocycles. The fourth-order valence-electron chi connectivity index (χ4n) is 3.62. The van der Waals surface area contributed by atoms with Gasteiger partial charge in [-0.1, -0.05) is 17.4 Å². The summed E-state index contributed by atoms with van der Waals surface area (Å²) in [5.41, 5.74) is 1.32. The van der Waals surface area contributed by atoms with Crippen LogP contribution in [-0.4, -0.2) is 54.3 Å². The number of rotatable bonds is 6. The number of nitrogens with zero attached hydrogens (tertiary/aromatic N) is 3. The van der Waals surface area contributed by atoms with Crippen molar-refractivity contribution >= 4 is 34.6 Å². The standard InChI is InChI=1S/C23H25N5O4S/c1-31-18-10-8-16(9-11-18)24-20(29)22-27-26-21(33-22)15-5-4-12-28(14-15)23(30)25-17-6-3-7-19(13-17)32-2/h3,6-11,13,15H,4-5,12,14H2,1-2H3,(H,24,29)(H,25,30)/t15-/m0/s1. The highest BCUT2D eigenvalue weighted by Crippen LogP contribution is 2.30. The lowest BCUT2D eigenvalue weighted by Gasteiger charge is -2.31. The summed E-state index contributed by atoms with van der Waals surface area (Å²) in [7, 11) is 3.18. The predicted molar refractivity (Wildman–Crippen MR) is 126 cm³/mol. The molecule has 0 aliphatic carbocycles. The number of methoxy groups -OCH3 is 2. The molecule has 0 radical (unpaired) electrons. The molecule has 3 amide bonds. The van der Waals surface area contributed by atoms with Crippen LogP contribution in [0.15, 0.2) is 48.5 Å². The number of nitrogens with one attached hydrogen (secondary N) is 2. The molecule has 4 rings (SSSR count). The molecule has 0 bridgehead atoms. The van der Waals surface area contributed by atoms with E-state index in [9.17, 15) is 9.59 Å². The molecule has 2 N–H and O–H groups in total. The van der Waals surface area contributed by atoms with Crippen molar-refractivity contribution in [3.8, 4) is 11.5 Å². The topological polar surface area (TPSA) is 106 Å². The van der Waals surface area contributed by atoms with Gasteiger partial charge in [0.05, 0.1) is 14.2 Å². The van der Waals surface area contributed by atoms with E-state index in [0.29, 0.717) is 41.0 Å². The maximum atomic E-state index is 12.8. The first-order chi connectivity index (χ1) is 16.1. The van der Waals surface area contributed by atoms with Gasteiger partial charge in [0.2, 0.25) is 5.01 Å². The van der Waals surface area contributed by atoms with Gasteiger partial charge in [0.15, 0.2) is 0 Å². The normalized spacial score (nSPS) is 15.6. The van der Waals surface area contributed by atoms with Crippen molar-refractivity contribution in [2.45, 2.75) is 18.8 Å². The summed E-state index contributed by atoms with van der Waals surface area (Å²) in [4.78, 5) is 27.1. The second-order valence-corrected chi connectivity index (χ2v) is 8.58. The van der Waals surface area contributed by atoms with E-state index in [4.69, 9.17) is 9.47 Å². The molecule has 2 aromatic carbocycles. The molecule has 1 saturated heterocycles. The second-order valence-electron chi connectivity index (χ2n) is 7.58. The molecule has 3 aromatic rings. The van der Waals surface area contributed by atoms with E-state index >= 15 is 0 Å². The number of carbonyl (C=O) groups is 2. The Morgan fingerprint density at radius 2 is 1.79 bits per heavy atom. The monoisotopic (exact) mass is 467 g/mol. The summed E-state index contributed by atoms with van der Waals surface area (Å²) < 4.78 is 10.3. The minimum absolute atomic E-state index is 0.0369. The van der Waals surface area contributed by atoms with E-state index in [2.05, 4.69) is 20.8 Å². The van der Waals surface area contributed by atoms with Crippen molar-refractivity contribution < 1.29 is 19.1 Å². The van der Waals surface area contributed by atoms with Crippen molar-refractivity contribution in [3.63, 3.8) is 0 Å². The molecule has 0 unspecified atom stereocenters. The zero-order valence-electron chi connectivity index (χ0n) is 18.4. The van der Waals surface area contributed by atoms with Crippen LogP contribution in [0.5, 0.6) is 11.5 Å². The van der Waals surface area contributed by atoms with Gasteiger partial charge in [-0.05, 0) is 49.2 Å². The molecule has 33 heavy (non-hydrogen) atoms. The van der Waals surface area contributed by atoms with Crippen molar-refractivity contribution in [2.24, 2.45) is 0 Å². The highest BCUT2D eigenvalue weighted by Gasteiger charge is 2.28. The highest BCUT2D eigenvalue weighted by molar-refractivity contribution is 7.13. The van der Waals surface area contributed by atoms with Crippen LogP contribution in [0.2, 0.25) is 0 Å². The summed E-state index contributed by atoms with van der Waals surface area (Å²) in [6.45, 7) is 1.18. The van der Waals surface area contributed by atoms with Gasteiger partial charge in [-0.25, -0.2) is 4.79 Å². The van der Waals surface area contributed by atoms with Gasteiger partial charge in [0, 0.05) is 36.4 Å². The van der Waals surface area contributed by atoms with E-state index in [1.807, 2.05) is 18.2 Å². The Labute approximate surface area is 195 Å². The first-order valence-electron chi connectivity index (χ1n) is 10.5. The Morgan fingerprint density at radius 3 is 2.55 bits per heavy atom. The lowest BCUT2D eigenvalue weighted by atomic mass is 9.99. The van der Waals surface area contributed by atoms with Crippen molar-refractivity contribution in [1.29, 1.82) is 0 Å². The minimum Gasteiger partial charge on any atom is -0.497 e. The molecule has 1 atom stereocenters. The number of anilines is 2. The number of urea groups is 1. The molecule has 9 nitrogen and oxygen atoms in total. The van der Waals surface area contributed by atoms with E-state index < -0.39 is 0 Å². The molecular weight excluding hydrogens is 442 g/mol. The molecule has 10 heteroatoms.